The molecule has 1 aliphatic carbocycles. The molecule has 1 aliphatic heterocycles. The van der Waals surface area contributed by atoms with E-state index in [1.54, 1.807) is 17.2 Å². The molecule has 1 aromatic carbocycles. The monoisotopic (exact) mass is 509 g/mol. The van der Waals surface area contributed by atoms with Gasteiger partial charge in [0, 0.05) is 18.8 Å². The number of alkyl halides is 3. The Kier molecular flexibility index (Phi) is 8.37. The van der Waals surface area contributed by atoms with E-state index < -0.39 is 25.1 Å². The van der Waals surface area contributed by atoms with Crippen LogP contribution in [0.3, 0.4) is 0 Å². The minimum atomic E-state index is -3.25. The number of nitrogens with zero attached hydrogens (tertiary/aromatic N) is 2. The van der Waals surface area contributed by atoms with E-state index in [0.29, 0.717) is 37.9 Å². The Labute approximate surface area is 208 Å². The smallest absolute Gasteiger partial charge is 0.283 e. The van der Waals surface area contributed by atoms with Crippen LogP contribution < -0.4 is 10.1 Å². The number of rotatable bonds is 11. The van der Waals surface area contributed by atoms with Crippen molar-refractivity contribution in [3.63, 3.8) is 0 Å². The van der Waals surface area contributed by atoms with Crippen LogP contribution >= 0.6 is 11.6 Å². The molecule has 1 aromatic heterocycles. The number of aliphatic hydroxyl groups excluding tert-OH is 1. The Balaban J connectivity index is 1.67. The molecule has 2 aromatic rings. The molecular formula is C26H31ClF3N3O2. The summed E-state index contributed by atoms with van der Waals surface area (Å²) >= 11 is 6.78. The molecule has 2 aliphatic rings. The molecule has 2 atom stereocenters. The highest BCUT2D eigenvalue weighted by Crippen LogP contribution is 2.50. The van der Waals surface area contributed by atoms with Crippen molar-refractivity contribution >= 4 is 17.2 Å². The van der Waals surface area contributed by atoms with Gasteiger partial charge < -0.3 is 15.2 Å². The summed E-state index contributed by atoms with van der Waals surface area (Å²) in [4.78, 5) is 6.00. The lowest BCUT2D eigenvalue weighted by Crippen LogP contribution is -2.48. The normalized spacial score (nSPS) is 20.2. The van der Waals surface area contributed by atoms with E-state index in [2.05, 4.69) is 22.4 Å². The molecule has 9 heteroatoms. The van der Waals surface area contributed by atoms with Crippen molar-refractivity contribution < 1.29 is 23.0 Å². The number of pyridine rings is 1. The van der Waals surface area contributed by atoms with Crippen LogP contribution in [0.5, 0.6) is 5.88 Å². The van der Waals surface area contributed by atoms with E-state index in [4.69, 9.17) is 16.3 Å². The number of benzene rings is 1. The lowest BCUT2D eigenvalue weighted by molar-refractivity contribution is -0.0857. The average molecular weight is 510 g/mol. The van der Waals surface area contributed by atoms with Crippen molar-refractivity contribution in [3.05, 3.63) is 63.8 Å². The fourth-order valence-electron chi connectivity index (χ4n) is 5.04. The molecule has 2 N–H and O–H groups in total. The summed E-state index contributed by atoms with van der Waals surface area (Å²) in [5.41, 5.74) is 5.21. The summed E-state index contributed by atoms with van der Waals surface area (Å²) in [5.74, 6) is -3.01. The van der Waals surface area contributed by atoms with Crippen molar-refractivity contribution in [1.29, 1.82) is 0 Å². The first-order chi connectivity index (χ1) is 16.9. The first kappa shape index (κ1) is 25.9. The summed E-state index contributed by atoms with van der Waals surface area (Å²) < 4.78 is 47.0. The van der Waals surface area contributed by atoms with E-state index in [0.717, 1.165) is 11.1 Å². The molecule has 0 bridgehead atoms. The number of aromatic nitrogens is 1. The van der Waals surface area contributed by atoms with Gasteiger partial charge in [0.25, 0.3) is 5.92 Å². The minimum absolute atomic E-state index is 0.198. The van der Waals surface area contributed by atoms with Gasteiger partial charge in [0.15, 0.2) is 0 Å². The second-order valence-corrected chi connectivity index (χ2v) is 9.52. The lowest BCUT2D eigenvalue weighted by Gasteiger charge is -2.43. The lowest BCUT2D eigenvalue weighted by atomic mass is 9.85. The number of halogens is 4. The summed E-state index contributed by atoms with van der Waals surface area (Å²) in [7, 11) is 0. The first-order valence-corrected chi connectivity index (χ1v) is 12.3. The third kappa shape index (κ3) is 5.66. The number of hydrogen-bond acceptors (Lipinski definition) is 5. The Morgan fingerprint density at radius 1 is 1.26 bits per heavy atom. The standard InChI is InChI=1S/C26H31ClF3N3O2/c1-17-13-21-19-6-3-2-5-18(19)14-22(21)24(33(17)15-26(29,30)16-34)20-7-10-32-25(23(20)27)35-12-11-31-9-4-8-28/h2-3,5-7,10,17,24,31,34H,4,8-9,11-16H2,1H3/t17-,24-/m1/s1. The van der Waals surface area contributed by atoms with Crippen LogP contribution in [0, 0.1) is 0 Å². The van der Waals surface area contributed by atoms with E-state index in [9.17, 15) is 18.3 Å². The molecule has 0 fully saturated rings. The van der Waals surface area contributed by atoms with Gasteiger partial charge in [-0.2, -0.15) is 0 Å². The van der Waals surface area contributed by atoms with Gasteiger partial charge in [0.2, 0.25) is 5.88 Å². The van der Waals surface area contributed by atoms with Crippen molar-refractivity contribution in [2.24, 2.45) is 0 Å². The second kappa shape index (κ2) is 11.3. The molecule has 2 heterocycles. The topological polar surface area (TPSA) is 57.6 Å². The zero-order chi connectivity index (χ0) is 25.0. The SMILES string of the molecule is C[C@@H]1CC2=C(Cc3ccccc32)[C@@H](c2ccnc(OCCNCCCF)c2Cl)N1CC(F)(F)CO. The highest BCUT2D eigenvalue weighted by Gasteiger charge is 2.44. The van der Waals surface area contributed by atoms with Gasteiger partial charge in [-0.15, -0.1) is 0 Å². The average Bonchev–Trinajstić information content (AvgIpc) is 3.21. The largest absolute Gasteiger partial charge is 0.475 e. The Morgan fingerprint density at radius 3 is 2.83 bits per heavy atom. The maximum atomic E-state index is 14.5. The van der Waals surface area contributed by atoms with Crippen LogP contribution in [-0.2, 0) is 6.42 Å². The molecule has 4 rings (SSSR count). The third-order valence-corrected chi connectivity index (χ3v) is 7.05. The van der Waals surface area contributed by atoms with Gasteiger partial charge >= 0.3 is 0 Å². The molecule has 190 valence electrons. The van der Waals surface area contributed by atoms with Gasteiger partial charge in [0.1, 0.15) is 18.2 Å². The number of hydrogen-bond donors (Lipinski definition) is 2. The van der Waals surface area contributed by atoms with Gasteiger partial charge in [0.05, 0.1) is 19.3 Å². The molecule has 0 amide bonds. The van der Waals surface area contributed by atoms with Crippen LogP contribution in [0.1, 0.15) is 42.5 Å². The van der Waals surface area contributed by atoms with E-state index in [-0.39, 0.29) is 30.2 Å². The number of fused-ring (bicyclic) bond motifs is 2. The summed E-state index contributed by atoms with van der Waals surface area (Å²) in [5, 5.41) is 12.7. The van der Waals surface area contributed by atoms with Crippen LogP contribution in [0.25, 0.3) is 5.57 Å². The van der Waals surface area contributed by atoms with Gasteiger partial charge in [-0.25, -0.2) is 13.8 Å². The molecular weight excluding hydrogens is 479 g/mol. The van der Waals surface area contributed by atoms with Gasteiger partial charge in [-0.05, 0) is 66.6 Å². The zero-order valence-corrected chi connectivity index (χ0v) is 20.5. The zero-order valence-electron chi connectivity index (χ0n) is 19.7. The number of nitrogens with one attached hydrogen (secondary N) is 1. The van der Waals surface area contributed by atoms with E-state index in [1.807, 2.05) is 19.1 Å². The molecule has 0 radical (unpaired) electrons. The van der Waals surface area contributed by atoms with Crippen molar-refractivity contribution in [3.8, 4) is 5.88 Å². The Morgan fingerprint density at radius 2 is 2.06 bits per heavy atom. The summed E-state index contributed by atoms with van der Waals surface area (Å²) in [6, 6.07) is 9.19. The second-order valence-electron chi connectivity index (χ2n) is 9.14. The van der Waals surface area contributed by atoms with E-state index in [1.165, 1.54) is 11.1 Å². The molecule has 0 saturated carbocycles. The number of ether oxygens (including phenoxy) is 1. The molecule has 35 heavy (non-hydrogen) atoms. The van der Waals surface area contributed by atoms with E-state index >= 15 is 0 Å². The van der Waals surface area contributed by atoms with Gasteiger partial charge in [-0.3, -0.25) is 9.29 Å². The maximum absolute atomic E-state index is 14.5. The Hall–Kier alpha value is -2.13. The van der Waals surface area contributed by atoms with Crippen molar-refractivity contribution in [2.45, 2.75) is 44.2 Å². The van der Waals surface area contributed by atoms with Crippen LogP contribution in [0.2, 0.25) is 5.02 Å². The maximum Gasteiger partial charge on any atom is 0.283 e. The number of aliphatic hydroxyl groups is 1. The fourth-order valence-corrected chi connectivity index (χ4v) is 5.31. The van der Waals surface area contributed by atoms with Crippen molar-refractivity contribution in [2.75, 3.05) is 39.5 Å². The van der Waals surface area contributed by atoms with Crippen LogP contribution in [-0.4, -0.2) is 66.5 Å². The van der Waals surface area contributed by atoms with Gasteiger partial charge in [-0.1, -0.05) is 35.9 Å². The fraction of sp³-hybridized carbons (Fsp3) is 0.500. The van der Waals surface area contributed by atoms with Crippen LogP contribution in [0.4, 0.5) is 13.2 Å². The molecule has 0 unspecified atom stereocenters. The predicted molar refractivity (Wildman–Crippen MR) is 131 cm³/mol. The quantitative estimate of drug-likeness (QED) is 0.425. The highest BCUT2D eigenvalue weighted by atomic mass is 35.5. The Bertz CT molecular complexity index is 1070. The van der Waals surface area contributed by atoms with Crippen LogP contribution in [0.15, 0.2) is 42.1 Å². The molecule has 0 saturated heterocycles. The first-order valence-electron chi connectivity index (χ1n) is 11.9. The minimum Gasteiger partial charge on any atom is -0.475 e. The summed E-state index contributed by atoms with van der Waals surface area (Å²) in [6.07, 6.45) is 3.30. The molecule has 5 nitrogen and oxygen atoms in total. The summed E-state index contributed by atoms with van der Waals surface area (Å²) in [6.45, 7) is 1.08. The third-order valence-electron chi connectivity index (χ3n) is 6.67. The molecule has 0 spiro atoms. The van der Waals surface area contributed by atoms with Crippen molar-refractivity contribution in [1.82, 2.24) is 15.2 Å². The predicted octanol–water partition coefficient (Wildman–Crippen LogP) is 4.84. The highest BCUT2D eigenvalue weighted by molar-refractivity contribution is 6.32.